The molecule has 1 heterocycles. The van der Waals surface area contributed by atoms with E-state index in [2.05, 4.69) is 18.7 Å². The van der Waals surface area contributed by atoms with Crippen LogP contribution in [0, 0.1) is 0 Å². The minimum absolute atomic E-state index is 0.169. The number of anilines is 1. The molecule has 2 rings (SSSR count). The molecule has 1 aliphatic heterocycles. The second-order valence-electron chi connectivity index (χ2n) is 5.47. The van der Waals surface area contributed by atoms with Crippen molar-refractivity contribution >= 4 is 5.69 Å². The summed E-state index contributed by atoms with van der Waals surface area (Å²) in [4.78, 5) is 2.24. The predicted octanol–water partition coefficient (Wildman–Crippen LogP) is 2.13. The lowest BCUT2D eigenvalue weighted by atomic mass is 9.94. The maximum atomic E-state index is 9.73. The Labute approximate surface area is 126 Å². The third kappa shape index (κ3) is 3.60. The molecule has 3 N–H and O–H groups in total. The highest BCUT2D eigenvalue weighted by atomic mass is 16.5. The lowest BCUT2D eigenvalue weighted by Gasteiger charge is -2.44. The number of rotatable bonds is 7. The normalized spacial score (nSPS) is 16.4. The highest BCUT2D eigenvalue weighted by Crippen LogP contribution is 2.41. The first-order valence-corrected chi connectivity index (χ1v) is 7.69. The summed E-state index contributed by atoms with van der Waals surface area (Å²) in [5, 5.41) is 9.73. The van der Waals surface area contributed by atoms with Crippen molar-refractivity contribution in [3.8, 4) is 11.5 Å². The van der Waals surface area contributed by atoms with E-state index in [1.165, 1.54) is 0 Å². The fourth-order valence-corrected chi connectivity index (χ4v) is 2.72. The van der Waals surface area contributed by atoms with Gasteiger partial charge in [0, 0.05) is 19.2 Å². The van der Waals surface area contributed by atoms with E-state index >= 15 is 0 Å². The summed E-state index contributed by atoms with van der Waals surface area (Å²) in [6, 6.07) is 5.27. The third-order valence-electron chi connectivity index (χ3n) is 4.15. The van der Waals surface area contributed by atoms with E-state index in [1.807, 2.05) is 6.07 Å². The van der Waals surface area contributed by atoms with Crippen LogP contribution in [0.15, 0.2) is 18.2 Å². The van der Waals surface area contributed by atoms with Crippen molar-refractivity contribution in [2.75, 3.05) is 37.7 Å². The van der Waals surface area contributed by atoms with Crippen LogP contribution in [0.2, 0.25) is 0 Å². The van der Waals surface area contributed by atoms with Gasteiger partial charge in [-0.15, -0.1) is 0 Å². The zero-order valence-electron chi connectivity index (χ0n) is 13.0. The molecule has 0 aliphatic carbocycles. The largest absolute Gasteiger partial charge is 0.508 e. The van der Waals surface area contributed by atoms with Gasteiger partial charge in [-0.05, 0) is 25.0 Å². The van der Waals surface area contributed by atoms with Crippen LogP contribution in [0.25, 0.3) is 0 Å². The van der Waals surface area contributed by atoms with Crippen molar-refractivity contribution in [2.45, 2.75) is 32.3 Å². The van der Waals surface area contributed by atoms with Crippen LogP contribution >= 0.6 is 0 Å². The number of benzene rings is 1. The minimum Gasteiger partial charge on any atom is -0.508 e. The molecule has 1 aromatic rings. The van der Waals surface area contributed by atoms with Crippen molar-refractivity contribution < 1.29 is 14.6 Å². The summed E-state index contributed by atoms with van der Waals surface area (Å²) < 4.78 is 11.7. The Morgan fingerprint density at radius 1 is 1.33 bits per heavy atom. The van der Waals surface area contributed by atoms with E-state index in [0.29, 0.717) is 19.8 Å². The topological polar surface area (TPSA) is 68.0 Å². The van der Waals surface area contributed by atoms with E-state index in [4.69, 9.17) is 15.2 Å². The number of aromatic hydroxyl groups is 1. The number of fused-ring (bicyclic) bond motifs is 1. The highest BCUT2D eigenvalue weighted by Gasteiger charge is 2.36. The summed E-state index contributed by atoms with van der Waals surface area (Å²) in [5.74, 6) is 1.09. The standard InChI is InChI=1S/C16H26N2O3/c1-3-16(4-2)12-18(8-10-20-9-7-17)14-11-13(19)5-6-15(14)21-16/h5-6,11,19H,3-4,7-10,12,17H2,1-2H3. The van der Waals surface area contributed by atoms with Gasteiger partial charge >= 0.3 is 0 Å². The first kappa shape index (κ1) is 15.9. The van der Waals surface area contributed by atoms with Crippen molar-refractivity contribution in [3.63, 3.8) is 0 Å². The van der Waals surface area contributed by atoms with Gasteiger partial charge in [-0.3, -0.25) is 0 Å². The second kappa shape index (κ2) is 7.00. The Balaban J connectivity index is 2.19. The van der Waals surface area contributed by atoms with Crippen LogP contribution in [-0.4, -0.2) is 43.6 Å². The summed E-state index contributed by atoms with van der Waals surface area (Å²) in [7, 11) is 0. The van der Waals surface area contributed by atoms with Crippen LogP contribution in [-0.2, 0) is 4.74 Å². The Hall–Kier alpha value is -1.46. The molecule has 0 radical (unpaired) electrons. The number of phenolic OH excluding ortho intramolecular Hbond substituents is 1. The molecule has 0 aromatic heterocycles. The van der Waals surface area contributed by atoms with Crippen LogP contribution in [0.3, 0.4) is 0 Å². The van der Waals surface area contributed by atoms with E-state index in [1.54, 1.807) is 12.1 Å². The minimum atomic E-state index is -0.169. The first-order valence-electron chi connectivity index (χ1n) is 7.69. The van der Waals surface area contributed by atoms with Crippen molar-refractivity contribution in [3.05, 3.63) is 18.2 Å². The Bertz CT molecular complexity index is 461. The van der Waals surface area contributed by atoms with Crippen LogP contribution in [0.5, 0.6) is 11.5 Å². The van der Waals surface area contributed by atoms with Crippen LogP contribution in [0.1, 0.15) is 26.7 Å². The molecule has 5 nitrogen and oxygen atoms in total. The SMILES string of the molecule is CCC1(CC)CN(CCOCCN)c2cc(O)ccc2O1. The molecule has 0 amide bonds. The summed E-state index contributed by atoms with van der Waals surface area (Å²) in [5.41, 5.74) is 6.20. The van der Waals surface area contributed by atoms with Crippen molar-refractivity contribution in [2.24, 2.45) is 5.73 Å². The maximum Gasteiger partial charge on any atom is 0.143 e. The lowest BCUT2D eigenvalue weighted by Crippen LogP contribution is -2.51. The molecule has 5 heteroatoms. The summed E-state index contributed by atoms with van der Waals surface area (Å²) in [6.45, 7) is 7.61. The van der Waals surface area contributed by atoms with Crippen LogP contribution < -0.4 is 15.4 Å². The Morgan fingerprint density at radius 3 is 2.76 bits per heavy atom. The Kier molecular flexibility index (Phi) is 5.31. The number of hydrogen-bond donors (Lipinski definition) is 2. The molecule has 21 heavy (non-hydrogen) atoms. The number of nitrogens with two attached hydrogens (primary N) is 1. The van der Waals surface area contributed by atoms with Gasteiger partial charge in [0.1, 0.15) is 17.1 Å². The fourth-order valence-electron chi connectivity index (χ4n) is 2.72. The first-order chi connectivity index (χ1) is 10.1. The molecular weight excluding hydrogens is 268 g/mol. The zero-order valence-corrected chi connectivity index (χ0v) is 13.0. The molecule has 0 unspecified atom stereocenters. The number of hydrogen-bond acceptors (Lipinski definition) is 5. The van der Waals surface area contributed by atoms with E-state index in [0.717, 1.165) is 37.4 Å². The molecule has 0 saturated carbocycles. The van der Waals surface area contributed by atoms with Crippen LogP contribution in [0.4, 0.5) is 5.69 Å². The van der Waals surface area contributed by atoms with Gasteiger partial charge in [0.25, 0.3) is 0 Å². The van der Waals surface area contributed by atoms with Gasteiger partial charge in [-0.2, -0.15) is 0 Å². The summed E-state index contributed by atoms with van der Waals surface area (Å²) >= 11 is 0. The quantitative estimate of drug-likeness (QED) is 0.754. The number of phenols is 1. The number of ether oxygens (including phenoxy) is 2. The van der Waals surface area contributed by atoms with Gasteiger partial charge in [0.2, 0.25) is 0 Å². The average molecular weight is 294 g/mol. The molecule has 0 fully saturated rings. The smallest absolute Gasteiger partial charge is 0.143 e. The Morgan fingerprint density at radius 2 is 2.10 bits per heavy atom. The molecule has 0 spiro atoms. The monoisotopic (exact) mass is 294 g/mol. The second-order valence-corrected chi connectivity index (χ2v) is 5.47. The van der Waals surface area contributed by atoms with E-state index in [-0.39, 0.29) is 11.4 Å². The maximum absolute atomic E-state index is 9.73. The molecule has 118 valence electrons. The van der Waals surface area contributed by atoms with Crippen molar-refractivity contribution in [1.82, 2.24) is 0 Å². The lowest BCUT2D eigenvalue weighted by molar-refractivity contribution is 0.0544. The predicted molar refractivity (Wildman–Crippen MR) is 84.1 cm³/mol. The molecule has 0 saturated heterocycles. The van der Waals surface area contributed by atoms with E-state index in [9.17, 15) is 5.11 Å². The van der Waals surface area contributed by atoms with Gasteiger partial charge in [0.15, 0.2) is 0 Å². The zero-order chi connectivity index (χ0) is 15.3. The van der Waals surface area contributed by atoms with E-state index < -0.39 is 0 Å². The molecule has 1 aromatic carbocycles. The fraction of sp³-hybridized carbons (Fsp3) is 0.625. The third-order valence-corrected chi connectivity index (χ3v) is 4.15. The van der Waals surface area contributed by atoms with Gasteiger partial charge in [-0.25, -0.2) is 0 Å². The molecule has 0 atom stereocenters. The van der Waals surface area contributed by atoms with Crippen molar-refractivity contribution in [1.29, 1.82) is 0 Å². The van der Waals surface area contributed by atoms with Gasteiger partial charge in [0.05, 0.1) is 25.4 Å². The molecule has 1 aliphatic rings. The molecule has 0 bridgehead atoms. The molecular formula is C16H26N2O3. The van der Waals surface area contributed by atoms with Gasteiger partial charge < -0.3 is 25.2 Å². The average Bonchev–Trinajstić information content (AvgIpc) is 2.51. The number of nitrogens with zero attached hydrogens (tertiary/aromatic N) is 1. The highest BCUT2D eigenvalue weighted by molar-refractivity contribution is 5.63. The van der Waals surface area contributed by atoms with Gasteiger partial charge in [-0.1, -0.05) is 13.8 Å². The summed E-state index contributed by atoms with van der Waals surface area (Å²) in [6.07, 6.45) is 1.90.